The van der Waals surface area contributed by atoms with Gasteiger partial charge in [-0.25, -0.2) is 9.98 Å². The lowest BCUT2D eigenvalue weighted by molar-refractivity contribution is -0.0817. The van der Waals surface area contributed by atoms with Crippen LogP contribution in [0.2, 0.25) is 0 Å². The Labute approximate surface area is 165 Å². The van der Waals surface area contributed by atoms with Gasteiger partial charge in [-0.1, -0.05) is 0 Å². The lowest BCUT2D eigenvalue weighted by atomic mass is 10.1. The molecular formula is C16H27IN4O2S. The molecule has 24 heavy (non-hydrogen) atoms. The van der Waals surface area contributed by atoms with Crippen molar-refractivity contribution < 1.29 is 9.47 Å². The molecule has 2 aliphatic rings. The van der Waals surface area contributed by atoms with Gasteiger partial charge in [0.1, 0.15) is 6.10 Å². The molecule has 0 amide bonds. The molecule has 2 saturated heterocycles. The maximum Gasteiger partial charge on any atom is 0.194 e. The van der Waals surface area contributed by atoms with Gasteiger partial charge in [-0.05, 0) is 26.7 Å². The molecule has 0 radical (unpaired) electrons. The summed E-state index contributed by atoms with van der Waals surface area (Å²) in [6, 6.07) is 0. The molecular weight excluding hydrogens is 439 g/mol. The van der Waals surface area contributed by atoms with E-state index in [4.69, 9.17) is 14.5 Å². The Kier molecular flexibility index (Phi) is 8.18. The number of rotatable bonds is 4. The molecule has 3 rings (SSSR count). The van der Waals surface area contributed by atoms with Crippen LogP contribution in [0, 0.1) is 6.92 Å². The number of thiazole rings is 1. The van der Waals surface area contributed by atoms with Gasteiger partial charge in [0.25, 0.3) is 0 Å². The van der Waals surface area contributed by atoms with Crippen LogP contribution in [-0.2, 0) is 16.0 Å². The summed E-state index contributed by atoms with van der Waals surface area (Å²) in [4.78, 5) is 12.6. The fourth-order valence-electron chi connectivity index (χ4n) is 3.04. The van der Waals surface area contributed by atoms with E-state index in [0.717, 1.165) is 57.3 Å². The third kappa shape index (κ3) is 5.03. The lowest BCUT2D eigenvalue weighted by Gasteiger charge is -2.37. The fraction of sp³-hybridized carbons (Fsp3) is 0.750. The van der Waals surface area contributed by atoms with Crippen LogP contribution in [0.15, 0.2) is 10.5 Å². The average Bonchev–Trinajstić information content (AvgIpc) is 3.23. The van der Waals surface area contributed by atoms with Crippen molar-refractivity contribution in [3.63, 3.8) is 0 Å². The van der Waals surface area contributed by atoms with Gasteiger partial charge in [0.15, 0.2) is 5.96 Å². The van der Waals surface area contributed by atoms with E-state index in [2.05, 4.69) is 22.1 Å². The van der Waals surface area contributed by atoms with Crippen LogP contribution in [0.4, 0.5) is 0 Å². The number of ether oxygens (including phenoxy) is 2. The van der Waals surface area contributed by atoms with Crippen LogP contribution < -0.4 is 5.32 Å². The average molecular weight is 466 g/mol. The molecule has 136 valence electrons. The molecule has 0 saturated carbocycles. The van der Waals surface area contributed by atoms with Crippen LogP contribution in [0.1, 0.15) is 30.3 Å². The molecule has 2 aliphatic heterocycles. The predicted octanol–water partition coefficient (Wildman–Crippen LogP) is 2.41. The number of nitrogens with one attached hydrogen (secondary N) is 1. The quantitative estimate of drug-likeness (QED) is 0.420. The van der Waals surface area contributed by atoms with Gasteiger partial charge in [-0.3, -0.25) is 0 Å². The van der Waals surface area contributed by atoms with Gasteiger partial charge in [-0.15, -0.1) is 35.3 Å². The van der Waals surface area contributed by atoms with Crippen LogP contribution >= 0.6 is 35.3 Å². The molecule has 0 aromatic carbocycles. The molecule has 0 bridgehead atoms. The number of hydrogen-bond donors (Lipinski definition) is 1. The summed E-state index contributed by atoms with van der Waals surface area (Å²) >= 11 is 1.67. The molecule has 2 unspecified atom stereocenters. The SMILES string of the molecule is CCNC(=NCc1scnc1C)N1CCOC(C2CCCO2)C1.I. The van der Waals surface area contributed by atoms with E-state index in [-0.39, 0.29) is 36.2 Å². The van der Waals surface area contributed by atoms with Crippen molar-refractivity contribution in [3.8, 4) is 0 Å². The first kappa shape index (κ1) is 19.9. The molecule has 3 heterocycles. The molecule has 1 N–H and O–H groups in total. The van der Waals surface area contributed by atoms with E-state index >= 15 is 0 Å². The van der Waals surface area contributed by atoms with E-state index in [1.165, 1.54) is 4.88 Å². The van der Waals surface area contributed by atoms with Gasteiger partial charge in [0, 0.05) is 31.1 Å². The minimum atomic E-state index is 0. The third-order valence-corrected chi connectivity index (χ3v) is 5.24. The van der Waals surface area contributed by atoms with Crippen LogP contribution in [0.25, 0.3) is 0 Å². The number of nitrogens with zero attached hydrogens (tertiary/aromatic N) is 3. The molecule has 2 atom stereocenters. The number of hydrogen-bond acceptors (Lipinski definition) is 5. The van der Waals surface area contributed by atoms with Crippen molar-refractivity contribution in [2.75, 3.05) is 32.8 Å². The van der Waals surface area contributed by atoms with E-state index in [0.29, 0.717) is 6.54 Å². The highest BCUT2D eigenvalue weighted by Crippen LogP contribution is 2.21. The zero-order chi connectivity index (χ0) is 16.1. The Balaban J connectivity index is 0.00000208. The van der Waals surface area contributed by atoms with Crippen molar-refractivity contribution in [3.05, 3.63) is 16.1 Å². The number of aliphatic imine (C=N–C) groups is 1. The minimum Gasteiger partial charge on any atom is -0.375 e. The first-order chi connectivity index (χ1) is 11.3. The Morgan fingerprint density at radius 3 is 2.92 bits per heavy atom. The second-order valence-corrected chi connectivity index (χ2v) is 6.88. The second-order valence-electron chi connectivity index (χ2n) is 5.94. The standard InChI is InChI=1S/C16H26N4O2S.HI/c1-3-17-16(18-9-15-12(2)19-11-23-15)20-6-8-22-14(10-20)13-5-4-7-21-13;/h11,13-14H,3-10H2,1-2H3,(H,17,18);1H. The van der Waals surface area contributed by atoms with Crippen molar-refractivity contribution in [2.24, 2.45) is 4.99 Å². The zero-order valence-corrected chi connectivity index (χ0v) is 17.5. The number of aromatic nitrogens is 1. The summed E-state index contributed by atoms with van der Waals surface area (Å²) in [6.07, 6.45) is 2.64. The summed E-state index contributed by atoms with van der Waals surface area (Å²) in [5.41, 5.74) is 2.96. The summed E-state index contributed by atoms with van der Waals surface area (Å²) in [7, 11) is 0. The third-order valence-electron chi connectivity index (χ3n) is 4.32. The van der Waals surface area contributed by atoms with E-state index in [9.17, 15) is 0 Å². The Morgan fingerprint density at radius 2 is 2.25 bits per heavy atom. The van der Waals surface area contributed by atoms with Crippen molar-refractivity contribution >= 4 is 41.3 Å². The lowest BCUT2D eigenvalue weighted by Crippen LogP contribution is -2.53. The highest BCUT2D eigenvalue weighted by molar-refractivity contribution is 14.0. The second kappa shape index (κ2) is 9.88. The Hall–Kier alpha value is -0.450. The number of halogens is 1. The van der Waals surface area contributed by atoms with E-state index < -0.39 is 0 Å². The van der Waals surface area contributed by atoms with Crippen molar-refractivity contribution in [1.82, 2.24) is 15.2 Å². The zero-order valence-electron chi connectivity index (χ0n) is 14.4. The summed E-state index contributed by atoms with van der Waals surface area (Å²) in [5, 5.41) is 3.41. The molecule has 0 aliphatic carbocycles. The highest BCUT2D eigenvalue weighted by Gasteiger charge is 2.32. The maximum absolute atomic E-state index is 5.93. The topological polar surface area (TPSA) is 59.0 Å². The van der Waals surface area contributed by atoms with Crippen LogP contribution in [-0.4, -0.2) is 60.9 Å². The first-order valence-corrected chi connectivity index (χ1v) is 9.31. The van der Waals surface area contributed by atoms with E-state index in [1.54, 1.807) is 11.3 Å². The fourth-order valence-corrected chi connectivity index (χ4v) is 3.74. The van der Waals surface area contributed by atoms with Crippen LogP contribution in [0.3, 0.4) is 0 Å². The minimum absolute atomic E-state index is 0. The molecule has 6 nitrogen and oxygen atoms in total. The normalized spacial score (nSPS) is 24.8. The Bertz CT molecular complexity index is 534. The molecule has 2 fully saturated rings. The largest absolute Gasteiger partial charge is 0.375 e. The summed E-state index contributed by atoms with van der Waals surface area (Å²) in [5.74, 6) is 0.964. The van der Waals surface area contributed by atoms with Gasteiger partial charge in [0.2, 0.25) is 0 Å². The first-order valence-electron chi connectivity index (χ1n) is 8.43. The number of aryl methyl sites for hydroxylation is 1. The van der Waals surface area contributed by atoms with Crippen LogP contribution in [0.5, 0.6) is 0 Å². The summed E-state index contributed by atoms with van der Waals surface area (Å²) < 4.78 is 11.7. The molecule has 8 heteroatoms. The number of guanidine groups is 1. The number of morpholine rings is 1. The van der Waals surface area contributed by atoms with Gasteiger partial charge < -0.3 is 19.7 Å². The van der Waals surface area contributed by atoms with Gasteiger partial charge in [-0.2, -0.15) is 0 Å². The van der Waals surface area contributed by atoms with E-state index in [1.807, 2.05) is 12.4 Å². The monoisotopic (exact) mass is 466 g/mol. The predicted molar refractivity (Wildman–Crippen MR) is 107 cm³/mol. The maximum atomic E-state index is 5.93. The molecule has 1 aromatic rings. The smallest absolute Gasteiger partial charge is 0.194 e. The molecule has 0 spiro atoms. The van der Waals surface area contributed by atoms with Crippen molar-refractivity contribution in [1.29, 1.82) is 0 Å². The van der Waals surface area contributed by atoms with Gasteiger partial charge >= 0.3 is 0 Å². The summed E-state index contributed by atoms with van der Waals surface area (Å²) in [6.45, 7) is 9.00. The van der Waals surface area contributed by atoms with Crippen molar-refractivity contribution in [2.45, 2.75) is 45.4 Å². The Morgan fingerprint density at radius 1 is 1.42 bits per heavy atom. The van der Waals surface area contributed by atoms with Gasteiger partial charge in [0.05, 0.1) is 30.5 Å². The highest BCUT2D eigenvalue weighted by atomic mass is 127. The molecule has 1 aromatic heterocycles.